The molecule has 5 rings (SSSR count). The summed E-state index contributed by atoms with van der Waals surface area (Å²) in [5.74, 6) is 0.389. The fraction of sp³-hybridized carbons (Fsp3) is 0.300. The molecule has 202 valence electrons. The van der Waals surface area contributed by atoms with Crippen molar-refractivity contribution >= 4 is 11.6 Å². The monoisotopic (exact) mass is 526 g/mol. The summed E-state index contributed by atoms with van der Waals surface area (Å²) in [6.45, 7) is 4.78. The molecule has 1 amide bonds. The molecule has 0 aliphatic carbocycles. The molecular formula is C30H34N6O3. The Morgan fingerprint density at radius 1 is 1.13 bits per heavy atom. The standard InChI is InChI=1S/C30H34N6O3/c1-21-17-36(20-33-21)27-14-22(18-35-10-2-3-25(31)19-35)13-26(16-27)34-30(38)29-15-24(8-9-32-29)23-4-6-28(7-5-23)39-12-11-37/h4-9,13-17,20,25,37H,2-3,10-12,18-19,31H2,1H3,(H,34,38)/t25-/m0/s1. The van der Waals surface area contributed by atoms with E-state index in [2.05, 4.69) is 26.3 Å². The van der Waals surface area contributed by atoms with Gasteiger partial charge in [-0.2, -0.15) is 0 Å². The number of aliphatic hydroxyl groups is 1. The highest BCUT2D eigenvalue weighted by Gasteiger charge is 2.18. The van der Waals surface area contributed by atoms with Crippen molar-refractivity contribution in [2.45, 2.75) is 32.4 Å². The van der Waals surface area contributed by atoms with Crippen molar-refractivity contribution < 1.29 is 14.6 Å². The number of nitrogens with two attached hydrogens (primary N) is 1. The number of carbonyl (C=O) groups excluding carboxylic acids is 1. The zero-order valence-corrected chi connectivity index (χ0v) is 22.1. The minimum absolute atomic E-state index is 0.0383. The van der Waals surface area contributed by atoms with Gasteiger partial charge in [-0.05, 0) is 85.5 Å². The second-order valence-electron chi connectivity index (χ2n) is 9.93. The highest BCUT2D eigenvalue weighted by Crippen LogP contribution is 2.25. The lowest BCUT2D eigenvalue weighted by Crippen LogP contribution is -2.42. The van der Waals surface area contributed by atoms with E-state index in [1.165, 1.54) is 0 Å². The van der Waals surface area contributed by atoms with Crippen molar-refractivity contribution in [1.82, 2.24) is 19.4 Å². The van der Waals surface area contributed by atoms with E-state index in [1.54, 1.807) is 18.6 Å². The molecule has 0 radical (unpaired) electrons. The normalized spacial score (nSPS) is 15.7. The number of carbonyl (C=O) groups is 1. The maximum atomic E-state index is 13.3. The molecule has 0 spiro atoms. The lowest BCUT2D eigenvalue weighted by Gasteiger charge is -2.30. The van der Waals surface area contributed by atoms with Gasteiger partial charge in [0.1, 0.15) is 18.1 Å². The number of pyridine rings is 1. The molecule has 0 unspecified atom stereocenters. The molecule has 1 aliphatic rings. The van der Waals surface area contributed by atoms with Crippen LogP contribution >= 0.6 is 0 Å². The summed E-state index contributed by atoms with van der Waals surface area (Å²) in [6, 6.07) is 17.4. The van der Waals surface area contributed by atoms with E-state index in [-0.39, 0.29) is 25.2 Å². The van der Waals surface area contributed by atoms with Gasteiger partial charge < -0.3 is 25.5 Å². The molecule has 0 bridgehead atoms. The summed E-state index contributed by atoms with van der Waals surface area (Å²) in [5, 5.41) is 12.0. The predicted octanol–water partition coefficient (Wildman–Crippen LogP) is 3.79. The molecule has 4 N–H and O–H groups in total. The van der Waals surface area contributed by atoms with Crippen LogP contribution in [0.15, 0.2) is 73.3 Å². The zero-order valence-electron chi connectivity index (χ0n) is 22.1. The van der Waals surface area contributed by atoms with Crippen LogP contribution in [0.5, 0.6) is 5.75 Å². The molecule has 9 heteroatoms. The van der Waals surface area contributed by atoms with Gasteiger partial charge in [-0.25, -0.2) is 4.98 Å². The molecule has 2 aromatic carbocycles. The molecule has 1 fully saturated rings. The Hall–Kier alpha value is -4.05. The molecule has 39 heavy (non-hydrogen) atoms. The Morgan fingerprint density at radius 3 is 2.72 bits per heavy atom. The van der Waals surface area contributed by atoms with E-state index in [0.29, 0.717) is 17.1 Å². The Kier molecular flexibility index (Phi) is 8.31. The Morgan fingerprint density at radius 2 is 1.97 bits per heavy atom. The number of aliphatic hydroxyl groups excluding tert-OH is 1. The number of imidazole rings is 1. The van der Waals surface area contributed by atoms with Gasteiger partial charge >= 0.3 is 0 Å². The number of likely N-dealkylation sites (tertiary alicyclic amines) is 1. The lowest BCUT2D eigenvalue weighted by atomic mass is 10.0. The topological polar surface area (TPSA) is 119 Å². The van der Waals surface area contributed by atoms with E-state index < -0.39 is 0 Å². The first-order valence-electron chi connectivity index (χ1n) is 13.2. The largest absolute Gasteiger partial charge is 0.491 e. The minimum Gasteiger partial charge on any atom is -0.491 e. The van der Waals surface area contributed by atoms with Crippen LogP contribution in [-0.4, -0.2) is 62.8 Å². The minimum atomic E-state index is -0.287. The van der Waals surface area contributed by atoms with E-state index in [9.17, 15) is 4.79 Å². The average molecular weight is 527 g/mol. The van der Waals surface area contributed by atoms with Crippen molar-refractivity contribution in [2.75, 3.05) is 31.6 Å². The molecule has 9 nitrogen and oxygen atoms in total. The highest BCUT2D eigenvalue weighted by molar-refractivity contribution is 6.03. The van der Waals surface area contributed by atoms with Crippen molar-refractivity contribution in [3.05, 3.63) is 90.3 Å². The van der Waals surface area contributed by atoms with Crippen LogP contribution in [0.25, 0.3) is 16.8 Å². The SMILES string of the molecule is Cc1cn(-c2cc(CN3CCC[C@H](N)C3)cc(NC(=O)c3cc(-c4ccc(OCCO)cc4)ccn3)c2)cn1. The van der Waals surface area contributed by atoms with E-state index >= 15 is 0 Å². The maximum Gasteiger partial charge on any atom is 0.274 e. The molecule has 1 saturated heterocycles. The third-order valence-electron chi connectivity index (χ3n) is 6.73. The van der Waals surface area contributed by atoms with Gasteiger partial charge in [0.2, 0.25) is 0 Å². The third-order valence-corrected chi connectivity index (χ3v) is 6.73. The smallest absolute Gasteiger partial charge is 0.274 e. The van der Waals surface area contributed by atoms with Crippen LogP contribution in [0.3, 0.4) is 0 Å². The summed E-state index contributed by atoms with van der Waals surface area (Å²) in [7, 11) is 0. The third kappa shape index (κ3) is 6.88. The maximum absolute atomic E-state index is 13.3. The van der Waals surface area contributed by atoms with Gasteiger partial charge in [0, 0.05) is 42.9 Å². The lowest BCUT2D eigenvalue weighted by molar-refractivity contribution is 0.102. The van der Waals surface area contributed by atoms with Gasteiger partial charge in [-0.1, -0.05) is 12.1 Å². The van der Waals surface area contributed by atoms with Gasteiger partial charge in [0.15, 0.2) is 0 Å². The molecule has 3 heterocycles. The number of hydrogen-bond acceptors (Lipinski definition) is 7. The van der Waals surface area contributed by atoms with Crippen LogP contribution in [0, 0.1) is 6.92 Å². The highest BCUT2D eigenvalue weighted by atomic mass is 16.5. The number of piperidine rings is 1. The first-order chi connectivity index (χ1) is 19.0. The Labute approximate surface area is 228 Å². The van der Waals surface area contributed by atoms with Crippen LogP contribution in [0.2, 0.25) is 0 Å². The average Bonchev–Trinajstić information content (AvgIpc) is 3.38. The van der Waals surface area contributed by atoms with Crippen LogP contribution in [0.4, 0.5) is 5.69 Å². The molecule has 1 atom stereocenters. The quantitative estimate of drug-likeness (QED) is 0.304. The molecule has 1 aliphatic heterocycles. The molecule has 4 aromatic rings. The number of aryl methyl sites for hydroxylation is 1. The van der Waals surface area contributed by atoms with Crippen LogP contribution in [0.1, 0.15) is 34.6 Å². The van der Waals surface area contributed by atoms with Crippen molar-refractivity contribution in [3.63, 3.8) is 0 Å². The number of aromatic nitrogens is 3. The summed E-state index contributed by atoms with van der Waals surface area (Å²) in [5.41, 5.74) is 12.0. The van der Waals surface area contributed by atoms with Crippen molar-refractivity contribution in [3.8, 4) is 22.6 Å². The molecular weight excluding hydrogens is 492 g/mol. The van der Waals surface area contributed by atoms with E-state index in [0.717, 1.165) is 60.5 Å². The second-order valence-corrected chi connectivity index (χ2v) is 9.93. The van der Waals surface area contributed by atoms with Gasteiger partial charge in [-0.3, -0.25) is 14.7 Å². The number of nitrogens with one attached hydrogen (secondary N) is 1. The Bertz CT molecular complexity index is 1420. The number of hydrogen-bond donors (Lipinski definition) is 3. The van der Waals surface area contributed by atoms with E-state index in [4.69, 9.17) is 15.6 Å². The number of amides is 1. The second kappa shape index (κ2) is 12.2. The van der Waals surface area contributed by atoms with Gasteiger partial charge in [0.05, 0.1) is 18.6 Å². The fourth-order valence-electron chi connectivity index (χ4n) is 4.88. The summed E-state index contributed by atoms with van der Waals surface area (Å²) >= 11 is 0. The summed E-state index contributed by atoms with van der Waals surface area (Å²) < 4.78 is 7.40. The number of anilines is 1. The molecule has 2 aromatic heterocycles. The number of benzene rings is 2. The van der Waals surface area contributed by atoms with Crippen molar-refractivity contribution in [2.24, 2.45) is 5.73 Å². The predicted molar refractivity (Wildman–Crippen MR) is 151 cm³/mol. The van der Waals surface area contributed by atoms with Crippen LogP contribution in [-0.2, 0) is 6.54 Å². The first kappa shape index (κ1) is 26.6. The summed E-state index contributed by atoms with van der Waals surface area (Å²) in [4.78, 5) is 24.4. The van der Waals surface area contributed by atoms with Gasteiger partial charge in [-0.15, -0.1) is 0 Å². The van der Waals surface area contributed by atoms with Crippen LogP contribution < -0.4 is 15.8 Å². The number of rotatable bonds is 9. The zero-order chi connectivity index (χ0) is 27.2. The Balaban J connectivity index is 1.37. The van der Waals surface area contributed by atoms with Gasteiger partial charge in [0.25, 0.3) is 5.91 Å². The number of nitrogens with zero attached hydrogens (tertiary/aromatic N) is 4. The van der Waals surface area contributed by atoms with Crippen molar-refractivity contribution in [1.29, 1.82) is 0 Å². The summed E-state index contributed by atoms with van der Waals surface area (Å²) in [6.07, 6.45) is 7.52. The fourth-order valence-corrected chi connectivity index (χ4v) is 4.88. The number of ether oxygens (including phenoxy) is 1. The first-order valence-corrected chi connectivity index (χ1v) is 13.2. The van der Waals surface area contributed by atoms with E-state index in [1.807, 2.05) is 60.2 Å². The molecule has 0 saturated carbocycles.